The lowest BCUT2D eigenvalue weighted by molar-refractivity contribution is -0.143. The van der Waals surface area contributed by atoms with Crippen LogP contribution in [0, 0.1) is 0 Å². The molecule has 1 fully saturated rings. The van der Waals surface area contributed by atoms with E-state index in [1.807, 2.05) is 18.5 Å². The number of H-pyrrole nitrogens is 1. The Kier molecular flexibility index (Phi) is 2.84. The highest BCUT2D eigenvalue weighted by atomic mass is 16.5. The minimum Gasteiger partial charge on any atom is -0.460 e. The third kappa shape index (κ3) is 2.88. The summed E-state index contributed by atoms with van der Waals surface area (Å²) in [5.74, 6) is -0.182. The number of rotatable bonds is 5. The molecule has 0 atom stereocenters. The van der Waals surface area contributed by atoms with Crippen LogP contribution in [0.25, 0.3) is 0 Å². The highest BCUT2D eigenvalue weighted by Gasteiger charge is 2.21. The number of hydrogen-bond donors (Lipinski definition) is 2. The Morgan fingerprint density at radius 2 is 2.50 bits per heavy atom. The van der Waals surface area contributed by atoms with Gasteiger partial charge in [-0.3, -0.25) is 4.79 Å². The van der Waals surface area contributed by atoms with Gasteiger partial charge in [0.15, 0.2) is 0 Å². The molecule has 4 nitrogen and oxygen atoms in total. The van der Waals surface area contributed by atoms with E-state index in [-0.39, 0.29) is 5.97 Å². The van der Waals surface area contributed by atoms with Crippen molar-refractivity contribution in [1.29, 1.82) is 0 Å². The lowest BCUT2D eigenvalue weighted by Gasteiger charge is -2.03. The molecule has 0 saturated heterocycles. The molecule has 2 rings (SSSR count). The predicted molar refractivity (Wildman–Crippen MR) is 51.6 cm³/mol. The fraction of sp³-hybridized carbons (Fsp3) is 0.500. The van der Waals surface area contributed by atoms with Gasteiger partial charge in [-0.05, 0) is 18.9 Å². The lowest BCUT2D eigenvalue weighted by atomic mass is 10.4. The van der Waals surface area contributed by atoms with Crippen molar-refractivity contribution in [3.63, 3.8) is 0 Å². The molecule has 1 aliphatic carbocycles. The normalized spacial score (nSPS) is 15.4. The minimum atomic E-state index is -0.182. The van der Waals surface area contributed by atoms with Crippen LogP contribution >= 0.6 is 0 Å². The lowest BCUT2D eigenvalue weighted by Crippen LogP contribution is -2.26. The van der Waals surface area contributed by atoms with E-state index < -0.39 is 0 Å². The van der Waals surface area contributed by atoms with Crippen molar-refractivity contribution < 1.29 is 9.53 Å². The molecule has 0 aromatic carbocycles. The molecule has 1 aromatic heterocycles. The highest BCUT2D eigenvalue weighted by Crippen LogP contribution is 2.18. The Balaban J connectivity index is 1.62. The average molecular weight is 194 g/mol. The number of nitrogens with one attached hydrogen (secondary N) is 2. The van der Waals surface area contributed by atoms with Crippen molar-refractivity contribution in [3.05, 3.63) is 24.0 Å². The number of ether oxygens (including phenoxy) is 1. The summed E-state index contributed by atoms with van der Waals surface area (Å²) < 4.78 is 5.04. The molecule has 1 heterocycles. The van der Waals surface area contributed by atoms with Gasteiger partial charge < -0.3 is 15.0 Å². The number of carbonyl (C=O) groups excluding carboxylic acids is 1. The number of hydrogen-bond acceptors (Lipinski definition) is 3. The Morgan fingerprint density at radius 1 is 1.64 bits per heavy atom. The summed E-state index contributed by atoms with van der Waals surface area (Å²) >= 11 is 0. The maximum Gasteiger partial charge on any atom is 0.320 e. The molecule has 0 aliphatic heterocycles. The van der Waals surface area contributed by atoms with E-state index in [0.29, 0.717) is 19.2 Å². The summed E-state index contributed by atoms with van der Waals surface area (Å²) in [5, 5.41) is 3.10. The first-order valence-corrected chi connectivity index (χ1v) is 4.85. The van der Waals surface area contributed by atoms with E-state index in [1.54, 1.807) is 0 Å². The van der Waals surface area contributed by atoms with E-state index in [4.69, 9.17) is 4.74 Å². The summed E-state index contributed by atoms with van der Waals surface area (Å²) in [6.45, 7) is 0.684. The predicted octanol–water partition coefficient (Wildman–Crippen LogP) is 0.810. The van der Waals surface area contributed by atoms with Gasteiger partial charge >= 0.3 is 5.97 Å². The summed E-state index contributed by atoms with van der Waals surface area (Å²) in [5.41, 5.74) is 0.991. The Hall–Kier alpha value is -1.29. The zero-order valence-electron chi connectivity index (χ0n) is 7.95. The molecule has 0 spiro atoms. The SMILES string of the molecule is O=C(CNC1CC1)OCc1cc[nH]c1. The second kappa shape index (κ2) is 4.28. The van der Waals surface area contributed by atoms with E-state index in [1.165, 1.54) is 12.8 Å². The molecular weight excluding hydrogens is 180 g/mol. The third-order valence-electron chi connectivity index (χ3n) is 2.17. The standard InChI is InChI=1S/C10H14N2O2/c13-10(6-12-9-1-2-9)14-7-8-3-4-11-5-8/h3-5,9,11-12H,1-2,6-7H2. The van der Waals surface area contributed by atoms with Crippen LogP contribution in [0.4, 0.5) is 0 Å². The molecule has 14 heavy (non-hydrogen) atoms. The van der Waals surface area contributed by atoms with Crippen LogP contribution in [-0.2, 0) is 16.1 Å². The Labute approximate surface area is 82.6 Å². The molecule has 1 aromatic rings. The molecule has 1 aliphatic rings. The van der Waals surface area contributed by atoms with Gasteiger partial charge in [0.1, 0.15) is 6.61 Å². The van der Waals surface area contributed by atoms with Crippen molar-refractivity contribution in [2.24, 2.45) is 0 Å². The monoisotopic (exact) mass is 194 g/mol. The van der Waals surface area contributed by atoms with Crippen molar-refractivity contribution in [2.45, 2.75) is 25.5 Å². The van der Waals surface area contributed by atoms with Crippen molar-refractivity contribution in [2.75, 3.05) is 6.54 Å². The summed E-state index contributed by atoms with van der Waals surface area (Å²) in [4.78, 5) is 14.1. The minimum absolute atomic E-state index is 0.182. The molecule has 0 radical (unpaired) electrons. The molecule has 2 N–H and O–H groups in total. The maximum absolute atomic E-state index is 11.2. The Bertz CT molecular complexity index is 291. The van der Waals surface area contributed by atoms with Crippen LogP contribution in [0.3, 0.4) is 0 Å². The quantitative estimate of drug-likeness (QED) is 0.682. The van der Waals surface area contributed by atoms with Gasteiger partial charge in [0.05, 0.1) is 6.54 Å². The highest BCUT2D eigenvalue weighted by molar-refractivity contribution is 5.71. The largest absolute Gasteiger partial charge is 0.460 e. The smallest absolute Gasteiger partial charge is 0.320 e. The van der Waals surface area contributed by atoms with E-state index in [9.17, 15) is 4.79 Å². The van der Waals surface area contributed by atoms with Crippen molar-refractivity contribution >= 4 is 5.97 Å². The van der Waals surface area contributed by atoms with Gasteiger partial charge in [-0.1, -0.05) is 0 Å². The van der Waals surface area contributed by atoms with E-state index in [0.717, 1.165) is 5.56 Å². The van der Waals surface area contributed by atoms with E-state index >= 15 is 0 Å². The molecule has 0 amide bonds. The second-order valence-corrected chi connectivity index (χ2v) is 3.54. The van der Waals surface area contributed by atoms with Gasteiger partial charge in [-0.2, -0.15) is 0 Å². The first-order valence-electron chi connectivity index (χ1n) is 4.85. The fourth-order valence-corrected chi connectivity index (χ4v) is 1.18. The van der Waals surface area contributed by atoms with Gasteiger partial charge in [0.2, 0.25) is 0 Å². The number of aromatic nitrogens is 1. The Morgan fingerprint density at radius 3 is 3.14 bits per heavy atom. The summed E-state index contributed by atoms with van der Waals surface area (Å²) in [6, 6.07) is 2.44. The van der Waals surface area contributed by atoms with Crippen LogP contribution < -0.4 is 5.32 Å². The van der Waals surface area contributed by atoms with Crippen LogP contribution in [-0.4, -0.2) is 23.5 Å². The average Bonchev–Trinajstić information content (AvgIpc) is 2.87. The zero-order valence-corrected chi connectivity index (χ0v) is 7.95. The summed E-state index contributed by atoms with van der Waals surface area (Å²) in [7, 11) is 0. The maximum atomic E-state index is 11.2. The van der Waals surface area contributed by atoms with Gasteiger partial charge in [0.25, 0.3) is 0 Å². The van der Waals surface area contributed by atoms with E-state index in [2.05, 4.69) is 10.3 Å². The van der Waals surface area contributed by atoms with Crippen molar-refractivity contribution in [1.82, 2.24) is 10.3 Å². The van der Waals surface area contributed by atoms with Crippen LogP contribution in [0.15, 0.2) is 18.5 Å². The number of esters is 1. The van der Waals surface area contributed by atoms with Gasteiger partial charge in [-0.25, -0.2) is 0 Å². The number of aromatic amines is 1. The second-order valence-electron chi connectivity index (χ2n) is 3.54. The van der Waals surface area contributed by atoms with Crippen LogP contribution in [0.1, 0.15) is 18.4 Å². The van der Waals surface area contributed by atoms with Crippen molar-refractivity contribution in [3.8, 4) is 0 Å². The zero-order chi connectivity index (χ0) is 9.80. The molecular formula is C10H14N2O2. The molecule has 1 saturated carbocycles. The molecule has 76 valence electrons. The van der Waals surface area contributed by atoms with Gasteiger partial charge in [-0.15, -0.1) is 0 Å². The van der Waals surface area contributed by atoms with Crippen LogP contribution in [0.5, 0.6) is 0 Å². The summed E-state index contributed by atoms with van der Waals surface area (Å²) in [6.07, 6.45) is 6.00. The van der Waals surface area contributed by atoms with Gasteiger partial charge in [0, 0.05) is 24.0 Å². The first-order chi connectivity index (χ1) is 6.84. The third-order valence-corrected chi connectivity index (χ3v) is 2.17. The molecule has 0 unspecified atom stereocenters. The molecule has 4 heteroatoms. The topological polar surface area (TPSA) is 54.1 Å². The fourth-order valence-electron chi connectivity index (χ4n) is 1.18. The molecule has 0 bridgehead atoms. The van der Waals surface area contributed by atoms with Crippen LogP contribution in [0.2, 0.25) is 0 Å². The first kappa shape index (κ1) is 9.27. The number of carbonyl (C=O) groups is 1.